The van der Waals surface area contributed by atoms with E-state index in [9.17, 15) is 10.1 Å². The van der Waals surface area contributed by atoms with Crippen LogP contribution in [0.4, 0.5) is 11.4 Å². The monoisotopic (exact) mass is 474 g/mol. The first-order chi connectivity index (χ1) is 17.3. The van der Waals surface area contributed by atoms with Crippen LogP contribution in [0.15, 0.2) is 97.1 Å². The molecule has 2 heterocycles. The Kier molecular flexibility index (Phi) is 4.80. The Balaban J connectivity index is 1.56. The van der Waals surface area contributed by atoms with Crippen molar-refractivity contribution < 1.29 is 9.66 Å². The number of fused-ring (bicyclic) bond motifs is 2. The number of nitro benzene ring substituents is 1. The fraction of sp³-hybridized carbons (Fsp3) is 0.161. The number of likely N-dealkylation sites (N-methyl/N-ethyl adjacent to an activating group) is 1. The van der Waals surface area contributed by atoms with Crippen molar-refractivity contribution in [3.63, 3.8) is 0 Å². The average molecular weight is 475 g/mol. The number of benzene rings is 4. The van der Waals surface area contributed by atoms with Crippen LogP contribution in [0.1, 0.15) is 25.0 Å². The highest BCUT2D eigenvalue weighted by Gasteiger charge is 2.58. The highest BCUT2D eigenvalue weighted by atomic mass is 16.6. The molecular weight excluding hydrogens is 448 g/mol. The van der Waals surface area contributed by atoms with Gasteiger partial charge in [0.15, 0.2) is 0 Å². The molecule has 1 spiro atoms. The average Bonchev–Trinajstić information content (AvgIpc) is 3.06. The fourth-order valence-corrected chi connectivity index (χ4v) is 5.76. The van der Waals surface area contributed by atoms with Gasteiger partial charge in [0.1, 0.15) is 5.75 Å². The molecule has 0 aliphatic carbocycles. The van der Waals surface area contributed by atoms with E-state index >= 15 is 0 Å². The summed E-state index contributed by atoms with van der Waals surface area (Å²) in [5.41, 5.74) is 6.48. The molecule has 0 N–H and O–H groups in total. The van der Waals surface area contributed by atoms with Crippen molar-refractivity contribution in [2.45, 2.75) is 25.0 Å². The number of anilines is 1. The smallest absolute Gasteiger partial charge is 0.270 e. The maximum Gasteiger partial charge on any atom is 0.270 e. The van der Waals surface area contributed by atoms with Crippen LogP contribution in [0.2, 0.25) is 0 Å². The summed E-state index contributed by atoms with van der Waals surface area (Å²) in [5, 5.41) is 11.3. The molecule has 0 radical (unpaired) electrons. The molecule has 0 bridgehead atoms. The lowest BCUT2D eigenvalue weighted by atomic mass is 9.73. The summed E-state index contributed by atoms with van der Waals surface area (Å²) in [5.74, 6) is 0.639. The first-order valence-electron chi connectivity index (χ1n) is 12.0. The Hall–Kier alpha value is -4.38. The number of hydrogen-bond acceptors (Lipinski definition) is 4. The van der Waals surface area contributed by atoms with Gasteiger partial charge in [-0.2, -0.15) is 0 Å². The van der Waals surface area contributed by atoms with Gasteiger partial charge < -0.3 is 9.64 Å². The van der Waals surface area contributed by atoms with Gasteiger partial charge in [0.25, 0.3) is 5.69 Å². The van der Waals surface area contributed by atoms with Crippen molar-refractivity contribution in [3.8, 4) is 28.0 Å². The first-order valence-corrected chi connectivity index (χ1v) is 12.0. The zero-order valence-electron chi connectivity index (χ0n) is 20.4. The lowest BCUT2D eigenvalue weighted by Gasteiger charge is -2.45. The largest absolute Gasteiger partial charge is 0.463 e. The lowest BCUT2D eigenvalue weighted by molar-refractivity contribution is -0.384. The van der Waals surface area contributed by atoms with Gasteiger partial charge in [0.05, 0.1) is 10.3 Å². The predicted octanol–water partition coefficient (Wildman–Crippen LogP) is 7.46. The highest BCUT2D eigenvalue weighted by Crippen LogP contribution is 2.57. The van der Waals surface area contributed by atoms with Crippen molar-refractivity contribution in [2.75, 3.05) is 11.9 Å². The number of hydrogen-bond donors (Lipinski definition) is 0. The van der Waals surface area contributed by atoms with Gasteiger partial charge in [-0.3, -0.25) is 10.1 Å². The molecule has 2 aliphatic heterocycles. The second-order valence-corrected chi connectivity index (χ2v) is 9.95. The molecule has 2 aliphatic rings. The predicted molar refractivity (Wildman–Crippen MR) is 144 cm³/mol. The van der Waals surface area contributed by atoms with Gasteiger partial charge in [0.2, 0.25) is 5.72 Å². The Morgan fingerprint density at radius 2 is 1.50 bits per heavy atom. The summed E-state index contributed by atoms with van der Waals surface area (Å²) in [4.78, 5) is 13.1. The zero-order valence-corrected chi connectivity index (χ0v) is 20.4. The minimum absolute atomic E-state index is 0.0548. The van der Waals surface area contributed by atoms with Crippen molar-refractivity contribution in [1.29, 1.82) is 0 Å². The van der Waals surface area contributed by atoms with Crippen LogP contribution in [-0.4, -0.2) is 17.7 Å². The second kappa shape index (κ2) is 7.82. The summed E-state index contributed by atoms with van der Waals surface area (Å²) in [6, 6.07) is 30.2. The van der Waals surface area contributed by atoms with E-state index in [0.717, 1.165) is 22.4 Å². The summed E-state index contributed by atoms with van der Waals surface area (Å²) in [6.07, 6.45) is 4.01. The van der Waals surface area contributed by atoms with E-state index in [-0.39, 0.29) is 10.6 Å². The molecule has 0 aromatic heterocycles. The molecule has 0 fully saturated rings. The zero-order chi connectivity index (χ0) is 25.1. The van der Waals surface area contributed by atoms with E-state index < -0.39 is 11.1 Å². The third-order valence-electron chi connectivity index (χ3n) is 7.65. The van der Waals surface area contributed by atoms with Crippen LogP contribution in [-0.2, 0) is 5.41 Å². The highest BCUT2D eigenvalue weighted by molar-refractivity contribution is 5.87. The van der Waals surface area contributed by atoms with Crippen LogP contribution in [0.5, 0.6) is 5.75 Å². The second-order valence-electron chi connectivity index (χ2n) is 9.95. The Morgan fingerprint density at radius 1 is 0.833 bits per heavy atom. The molecule has 1 unspecified atom stereocenters. The van der Waals surface area contributed by atoms with Gasteiger partial charge in [0, 0.05) is 30.4 Å². The van der Waals surface area contributed by atoms with Crippen LogP contribution in [0.3, 0.4) is 0 Å². The lowest BCUT2D eigenvalue weighted by Crippen LogP contribution is -2.58. The van der Waals surface area contributed by atoms with Gasteiger partial charge in [-0.05, 0) is 72.0 Å². The van der Waals surface area contributed by atoms with E-state index in [0.29, 0.717) is 11.3 Å². The first kappa shape index (κ1) is 22.1. The maximum absolute atomic E-state index is 11.3. The van der Waals surface area contributed by atoms with Crippen LogP contribution in [0.25, 0.3) is 28.3 Å². The number of rotatable bonds is 3. The molecule has 0 saturated carbocycles. The minimum atomic E-state index is -0.794. The topological polar surface area (TPSA) is 55.6 Å². The number of ether oxygens (including phenoxy) is 1. The third kappa shape index (κ3) is 3.09. The van der Waals surface area contributed by atoms with Crippen LogP contribution >= 0.6 is 0 Å². The molecule has 1 atom stereocenters. The number of nitrogens with zero attached hydrogens (tertiary/aromatic N) is 2. The summed E-state index contributed by atoms with van der Waals surface area (Å²) >= 11 is 0. The SMILES string of the molecule is CN1c2cc(-c3ccccc3)cc(-c3ccccc3)c2C(C)(C)C12C=Cc1cc([N+](=O)[O-])ccc1O2. The van der Waals surface area contributed by atoms with E-state index in [1.54, 1.807) is 12.1 Å². The number of non-ortho nitro benzene ring substituents is 1. The standard InChI is InChI=1S/C31H26N2O3/c1-30(2)29-26(22-12-8-5-9-13-22)19-24(21-10-6-4-7-11-21)20-27(29)32(3)31(30)17-16-23-18-25(33(34)35)14-15-28(23)36-31/h4-20H,1-3H3. The van der Waals surface area contributed by atoms with Crippen molar-refractivity contribution in [1.82, 2.24) is 0 Å². The molecule has 0 saturated heterocycles. The van der Waals surface area contributed by atoms with Crippen LogP contribution in [0, 0.1) is 10.1 Å². The molecule has 36 heavy (non-hydrogen) atoms. The molecule has 0 amide bonds. The van der Waals surface area contributed by atoms with E-state index in [2.05, 4.69) is 92.5 Å². The summed E-state index contributed by atoms with van der Waals surface area (Å²) < 4.78 is 6.78. The third-order valence-corrected chi connectivity index (χ3v) is 7.65. The molecule has 6 rings (SSSR count). The maximum atomic E-state index is 11.3. The van der Waals surface area contributed by atoms with Crippen LogP contribution < -0.4 is 9.64 Å². The van der Waals surface area contributed by atoms with Crippen molar-refractivity contribution >= 4 is 17.5 Å². The van der Waals surface area contributed by atoms with Crippen molar-refractivity contribution in [3.05, 3.63) is 118 Å². The Bertz CT molecular complexity index is 1530. The van der Waals surface area contributed by atoms with Gasteiger partial charge in [-0.1, -0.05) is 60.7 Å². The Labute approximate surface area is 210 Å². The quantitative estimate of drug-likeness (QED) is 0.228. The molecule has 5 heteroatoms. The Morgan fingerprint density at radius 3 is 2.17 bits per heavy atom. The molecule has 4 aromatic carbocycles. The normalized spacial score (nSPS) is 19.0. The van der Waals surface area contributed by atoms with E-state index in [4.69, 9.17) is 4.74 Å². The van der Waals surface area contributed by atoms with Gasteiger partial charge in [-0.15, -0.1) is 0 Å². The summed E-state index contributed by atoms with van der Waals surface area (Å²) in [6.45, 7) is 4.43. The van der Waals surface area contributed by atoms with E-state index in [1.165, 1.54) is 17.2 Å². The van der Waals surface area contributed by atoms with E-state index in [1.807, 2.05) is 18.2 Å². The minimum Gasteiger partial charge on any atom is -0.463 e. The molecule has 5 nitrogen and oxygen atoms in total. The summed E-state index contributed by atoms with van der Waals surface area (Å²) in [7, 11) is 2.07. The molecule has 4 aromatic rings. The fourth-order valence-electron chi connectivity index (χ4n) is 5.76. The van der Waals surface area contributed by atoms with Gasteiger partial charge in [-0.25, -0.2) is 0 Å². The molecular formula is C31H26N2O3. The van der Waals surface area contributed by atoms with Crippen molar-refractivity contribution in [2.24, 2.45) is 0 Å². The number of nitro groups is 1. The molecule has 178 valence electrons. The van der Waals surface area contributed by atoms with Gasteiger partial charge >= 0.3 is 0 Å².